The van der Waals surface area contributed by atoms with Crippen molar-refractivity contribution in [2.75, 3.05) is 26.9 Å². The highest BCUT2D eigenvalue weighted by molar-refractivity contribution is 5.97. The predicted octanol–water partition coefficient (Wildman–Crippen LogP) is 2.41. The van der Waals surface area contributed by atoms with Crippen LogP contribution in [0.4, 0.5) is 0 Å². The number of carbonyl (C=O) groups is 2. The molecule has 2 atom stereocenters. The van der Waals surface area contributed by atoms with Gasteiger partial charge in [-0.25, -0.2) is 4.79 Å². The lowest BCUT2D eigenvalue weighted by Gasteiger charge is -2.33. The van der Waals surface area contributed by atoms with E-state index in [0.29, 0.717) is 25.1 Å². The predicted molar refractivity (Wildman–Crippen MR) is 91.6 cm³/mol. The zero-order valence-corrected chi connectivity index (χ0v) is 14.6. The summed E-state index contributed by atoms with van der Waals surface area (Å²) in [5.41, 5.74) is 0.556. The van der Waals surface area contributed by atoms with Crippen molar-refractivity contribution in [3.8, 4) is 5.75 Å². The Kier molecular flexibility index (Phi) is 5.91. The van der Waals surface area contributed by atoms with E-state index in [0.717, 1.165) is 38.0 Å². The highest BCUT2D eigenvalue weighted by Crippen LogP contribution is 2.22. The molecule has 0 bridgehead atoms. The van der Waals surface area contributed by atoms with Gasteiger partial charge in [0.1, 0.15) is 18.4 Å². The number of rotatable bonds is 5. The molecule has 3 rings (SSSR count). The highest BCUT2D eigenvalue weighted by Gasteiger charge is 2.33. The van der Waals surface area contributed by atoms with Gasteiger partial charge >= 0.3 is 5.97 Å². The van der Waals surface area contributed by atoms with Gasteiger partial charge in [-0.1, -0.05) is 0 Å². The number of carbonyl (C=O) groups excluding carboxylic acids is 2. The van der Waals surface area contributed by atoms with Gasteiger partial charge in [-0.2, -0.15) is 0 Å². The lowest BCUT2D eigenvalue weighted by molar-refractivity contribution is -0.147. The second-order valence-corrected chi connectivity index (χ2v) is 6.50. The number of methoxy groups -OCH3 is 1. The first-order chi connectivity index (χ1) is 12.2. The molecular weight excluding hydrogens is 322 g/mol. The third-order valence-electron chi connectivity index (χ3n) is 4.80. The molecule has 2 aliphatic rings. The van der Waals surface area contributed by atoms with Crippen LogP contribution in [0.1, 0.15) is 42.5 Å². The van der Waals surface area contributed by atoms with Crippen LogP contribution in [-0.2, 0) is 14.3 Å². The van der Waals surface area contributed by atoms with E-state index in [1.165, 1.54) is 7.11 Å². The van der Waals surface area contributed by atoms with Gasteiger partial charge in [0.25, 0.3) is 5.91 Å². The van der Waals surface area contributed by atoms with Gasteiger partial charge < -0.3 is 19.1 Å². The van der Waals surface area contributed by atoms with Gasteiger partial charge in [0, 0.05) is 18.7 Å². The van der Waals surface area contributed by atoms with E-state index in [1.807, 2.05) is 0 Å². The lowest BCUT2D eigenvalue weighted by atomic mass is 10.0. The average Bonchev–Trinajstić information content (AvgIpc) is 3.19. The summed E-state index contributed by atoms with van der Waals surface area (Å²) in [7, 11) is 1.36. The van der Waals surface area contributed by atoms with Crippen molar-refractivity contribution in [2.45, 2.75) is 44.2 Å². The van der Waals surface area contributed by atoms with Crippen LogP contribution < -0.4 is 4.74 Å². The van der Waals surface area contributed by atoms with Crippen LogP contribution in [0.2, 0.25) is 0 Å². The fraction of sp³-hybridized carbons (Fsp3) is 0.579. The summed E-state index contributed by atoms with van der Waals surface area (Å²) in [6, 6.07) is 6.59. The monoisotopic (exact) mass is 347 g/mol. The van der Waals surface area contributed by atoms with Crippen molar-refractivity contribution in [1.82, 2.24) is 4.90 Å². The second kappa shape index (κ2) is 8.34. The zero-order chi connectivity index (χ0) is 17.6. The number of benzene rings is 1. The normalized spacial score (nSPS) is 23.3. The second-order valence-electron chi connectivity index (χ2n) is 6.50. The maximum Gasteiger partial charge on any atom is 0.328 e. The van der Waals surface area contributed by atoms with Crippen LogP contribution in [-0.4, -0.2) is 55.8 Å². The molecule has 2 heterocycles. The summed E-state index contributed by atoms with van der Waals surface area (Å²) in [5, 5.41) is 0. The maximum atomic E-state index is 12.8. The molecule has 0 spiro atoms. The first-order valence-electron chi connectivity index (χ1n) is 8.92. The Morgan fingerprint density at radius 1 is 1.16 bits per heavy atom. The van der Waals surface area contributed by atoms with Gasteiger partial charge in [-0.3, -0.25) is 4.79 Å². The molecule has 0 saturated carbocycles. The fourth-order valence-corrected chi connectivity index (χ4v) is 3.38. The van der Waals surface area contributed by atoms with Crippen molar-refractivity contribution in [3.05, 3.63) is 29.8 Å². The van der Waals surface area contributed by atoms with E-state index in [-0.39, 0.29) is 18.0 Å². The molecule has 1 aromatic carbocycles. The van der Waals surface area contributed by atoms with E-state index in [1.54, 1.807) is 29.2 Å². The minimum atomic E-state index is -0.485. The molecular formula is C19H25NO5. The average molecular weight is 347 g/mol. The number of amides is 1. The minimum absolute atomic E-state index is 0.138. The standard InChI is InChI=1S/C19H25NO5/c1-23-19(22)17-6-2-3-11-20(17)18(21)14-7-9-15(10-8-14)25-13-16-5-4-12-24-16/h7-10,16-17H,2-6,11-13H2,1H3/t16-,17-/m0/s1. The van der Waals surface area contributed by atoms with Crippen LogP contribution in [0, 0.1) is 0 Å². The number of ether oxygens (including phenoxy) is 3. The molecule has 0 unspecified atom stereocenters. The van der Waals surface area contributed by atoms with Crippen molar-refractivity contribution in [2.24, 2.45) is 0 Å². The smallest absolute Gasteiger partial charge is 0.328 e. The van der Waals surface area contributed by atoms with Gasteiger partial charge in [0.15, 0.2) is 0 Å². The Morgan fingerprint density at radius 2 is 1.96 bits per heavy atom. The number of esters is 1. The van der Waals surface area contributed by atoms with Crippen LogP contribution in [0.5, 0.6) is 5.75 Å². The van der Waals surface area contributed by atoms with E-state index >= 15 is 0 Å². The Bertz CT molecular complexity index is 594. The Balaban J connectivity index is 1.61. The van der Waals surface area contributed by atoms with Crippen LogP contribution >= 0.6 is 0 Å². The SMILES string of the molecule is COC(=O)[C@@H]1CCCCN1C(=O)c1ccc(OC[C@@H]2CCCO2)cc1. The van der Waals surface area contributed by atoms with Crippen molar-refractivity contribution in [1.29, 1.82) is 0 Å². The number of likely N-dealkylation sites (tertiary alicyclic amines) is 1. The Hall–Kier alpha value is -2.08. The number of nitrogens with zero attached hydrogens (tertiary/aromatic N) is 1. The van der Waals surface area contributed by atoms with Crippen molar-refractivity contribution in [3.63, 3.8) is 0 Å². The van der Waals surface area contributed by atoms with Gasteiger partial charge in [-0.15, -0.1) is 0 Å². The quantitative estimate of drug-likeness (QED) is 0.766. The van der Waals surface area contributed by atoms with E-state index in [2.05, 4.69) is 0 Å². The Labute approximate surface area is 148 Å². The molecule has 0 N–H and O–H groups in total. The lowest BCUT2D eigenvalue weighted by Crippen LogP contribution is -2.48. The maximum absolute atomic E-state index is 12.8. The molecule has 2 saturated heterocycles. The van der Waals surface area contributed by atoms with E-state index < -0.39 is 6.04 Å². The summed E-state index contributed by atoms with van der Waals surface area (Å²) in [6.45, 7) is 1.92. The molecule has 1 amide bonds. The molecule has 2 fully saturated rings. The first-order valence-corrected chi connectivity index (χ1v) is 8.92. The highest BCUT2D eigenvalue weighted by atomic mass is 16.5. The first kappa shape index (κ1) is 17.7. The zero-order valence-electron chi connectivity index (χ0n) is 14.6. The summed E-state index contributed by atoms with van der Waals surface area (Å²) >= 11 is 0. The third kappa shape index (κ3) is 4.31. The van der Waals surface area contributed by atoms with Gasteiger partial charge in [0.2, 0.25) is 0 Å². The number of piperidine rings is 1. The molecule has 2 aliphatic heterocycles. The molecule has 6 heteroatoms. The van der Waals surface area contributed by atoms with Crippen molar-refractivity contribution < 1.29 is 23.8 Å². The Morgan fingerprint density at radius 3 is 2.64 bits per heavy atom. The number of hydrogen-bond acceptors (Lipinski definition) is 5. The summed E-state index contributed by atoms with van der Waals surface area (Å²) in [6.07, 6.45) is 4.76. The molecule has 25 heavy (non-hydrogen) atoms. The molecule has 1 aromatic rings. The van der Waals surface area contributed by atoms with Crippen molar-refractivity contribution >= 4 is 11.9 Å². The van der Waals surface area contributed by atoms with Crippen LogP contribution in [0.3, 0.4) is 0 Å². The van der Waals surface area contributed by atoms with E-state index in [9.17, 15) is 9.59 Å². The molecule has 136 valence electrons. The summed E-state index contributed by atoms with van der Waals surface area (Å²) in [4.78, 5) is 26.3. The summed E-state index contributed by atoms with van der Waals surface area (Å²) in [5.74, 6) is 0.237. The summed E-state index contributed by atoms with van der Waals surface area (Å²) < 4.78 is 16.1. The topological polar surface area (TPSA) is 65.1 Å². The van der Waals surface area contributed by atoms with Crippen LogP contribution in [0.25, 0.3) is 0 Å². The van der Waals surface area contributed by atoms with Gasteiger partial charge in [-0.05, 0) is 56.4 Å². The third-order valence-corrected chi connectivity index (χ3v) is 4.80. The van der Waals surface area contributed by atoms with Gasteiger partial charge in [0.05, 0.1) is 13.2 Å². The number of hydrogen-bond donors (Lipinski definition) is 0. The minimum Gasteiger partial charge on any atom is -0.491 e. The molecule has 0 radical (unpaired) electrons. The molecule has 0 aliphatic carbocycles. The molecule has 6 nitrogen and oxygen atoms in total. The van der Waals surface area contributed by atoms with E-state index in [4.69, 9.17) is 14.2 Å². The van der Waals surface area contributed by atoms with Crippen LogP contribution in [0.15, 0.2) is 24.3 Å². The fourth-order valence-electron chi connectivity index (χ4n) is 3.38. The largest absolute Gasteiger partial charge is 0.491 e. The molecule has 0 aromatic heterocycles.